The van der Waals surface area contributed by atoms with Crippen LogP contribution < -0.4 is 11.3 Å². The van der Waals surface area contributed by atoms with Gasteiger partial charge in [0.15, 0.2) is 0 Å². The lowest BCUT2D eigenvalue weighted by Gasteiger charge is -2.17. The lowest BCUT2D eigenvalue weighted by molar-refractivity contribution is 0.0779. The lowest BCUT2D eigenvalue weighted by Crippen LogP contribution is -2.27. The van der Waals surface area contributed by atoms with Gasteiger partial charge in [-0.15, -0.1) is 0 Å². The van der Waals surface area contributed by atoms with Crippen LogP contribution in [-0.2, 0) is 6.54 Å². The van der Waals surface area contributed by atoms with Crippen molar-refractivity contribution in [2.24, 2.45) is 5.84 Å². The van der Waals surface area contributed by atoms with Crippen molar-refractivity contribution in [3.05, 3.63) is 59.3 Å². The molecule has 0 bridgehead atoms. The fourth-order valence-electron chi connectivity index (χ4n) is 1.87. The second kappa shape index (κ2) is 6.16. The number of benzene rings is 1. The predicted molar refractivity (Wildman–Crippen MR) is 79.0 cm³/mol. The number of hydrogen-bond acceptors (Lipinski definition) is 4. The Hall–Kier alpha value is -2.40. The van der Waals surface area contributed by atoms with Gasteiger partial charge < -0.3 is 10.3 Å². The van der Waals surface area contributed by atoms with E-state index < -0.39 is 0 Å². The van der Waals surface area contributed by atoms with Crippen LogP contribution in [0.3, 0.4) is 0 Å². The van der Waals surface area contributed by atoms with Gasteiger partial charge in [-0.25, -0.2) is 10.8 Å². The van der Waals surface area contributed by atoms with Gasteiger partial charge in [-0.05, 0) is 24.6 Å². The highest BCUT2D eigenvalue weighted by atomic mass is 16.2. The molecule has 104 valence electrons. The van der Waals surface area contributed by atoms with E-state index in [0.717, 1.165) is 5.56 Å². The van der Waals surface area contributed by atoms with Gasteiger partial charge in [0.2, 0.25) is 0 Å². The molecule has 0 radical (unpaired) electrons. The molecule has 0 aliphatic heterocycles. The van der Waals surface area contributed by atoms with Crippen LogP contribution in [0.4, 0.5) is 5.82 Å². The number of nitrogen functional groups attached to an aromatic ring is 1. The van der Waals surface area contributed by atoms with E-state index in [1.165, 1.54) is 5.56 Å². The second-order valence-electron chi connectivity index (χ2n) is 4.70. The number of nitrogens with two attached hydrogens (primary N) is 1. The Morgan fingerprint density at radius 3 is 2.60 bits per heavy atom. The van der Waals surface area contributed by atoms with Crippen LogP contribution in [0.1, 0.15) is 21.6 Å². The fourth-order valence-corrected chi connectivity index (χ4v) is 1.87. The summed E-state index contributed by atoms with van der Waals surface area (Å²) in [5, 5.41) is 0. The van der Waals surface area contributed by atoms with Crippen molar-refractivity contribution >= 4 is 11.7 Å². The Morgan fingerprint density at radius 1 is 1.25 bits per heavy atom. The van der Waals surface area contributed by atoms with Crippen LogP contribution in [-0.4, -0.2) is 22.8 Å². The molecule has 1 amide bonds. The highest BCUT2D eigenvalue weighted by Gasteiger charge is 2.13. The molecule has 1 heterocycles. The zero-order valence-corrected chi connectivity index (χ0v) is 11.6. The Kier molecular flexibility index (Phi) is 4.32. The number of anilines is 1. The zero-order valence-electron chi connectivity index (χ0n) is 11.6. The molecule has 1 aromatic carbocycles. The number of aryl methyl sites for hydroxylation is 1. The third-order valence-electron chi connectivity index (χ3n) is 3.00. The van der Waals surface area contributed by atoms with E-state index in [4.69, 9.17) is 5.84 Å². The molecule has 0 spiro atoms. The van der Waals surface area contributed by atoms with Gasteiger partial charge in [0, 0.05) is 13.6 Å². The summed E-state index contributed by atoms with van der Waals surface area (Å²) in [5.74, 6) is 5.63. The number of nitrogens with one attached hydrogen (secondary N) is 1. The van der Waals surface area contributed by atoms with Crippen molar-refractivity contribution in [2.45, 2.75) is 13.5 Å². The summed E-state index contributed by atoms with van der Waals surface area (Å²) in [7, 11) is 1.76. The van der Waals surface area contributed by atoms with E-state index in [1.54, 1.807) is 30.1 Å². The topological polar surface area (TPSA) is 71.2 Å². The molecule has 5 heteroatoms. The van der Waals surface area contributed by atoms with Crippen molar-refractivity contribution in [1.82, 2.24) is 9.88 Å². The highest BCUT2D eigenvalue weighted by Crippen LogP contribution is 2.10. The number of aromatic nitrogens is 1. The average molecular weight is 270 g/mol. The van der Waals surface area contributed by atoms with Gasteiger partial charge in [0.25, 0.3) is 5.91 Å². The Balaban J connectivity index is 2.09. The minimum Gasteiger partial charge on any atom is -0.336 e. The normalized spacial score (nSPS) is 10.2. The number of hydrogen-bond donors (Lipinski definition) is 2. The minimum atomic E-state index is -0.136. The summed E-state index contributed by atoms with van der Waals surface area (Å²) in [4.78, 5) is 18.1. The molecule has 2 aromatic rings. The van der Waals surface area contributed by atoms with Crippen LogP contribution in [0.25, 0.3) is 0 Å². The summed E-state index contributed by atoms with van der Waals surface area (Å²) in [6, 6.07) is 13.2. The van der Waals surface area contributed by atoms with Crippen molar-refractivity contribution < 1.29 is 4.79 Å². The van der Waals surface area contributed by atoms with E-state index >= 15 is 0 Å². The number of hydrazine groups is 1. The van der Waals surface area contributed by atoms with Crippen LogP contribution in [0.2, 0.25) is 0 Å². The van der Waals surface area contributed by atoms with Gasteiger partial charge in [-0.2, -0.15) is 0 Å². The van der Waals surface area contributed by atoms with Crippen molar-refractivity contribution in [3.8, 4) is 0 Å². The first kappa shape index (κ1) is 14.0. The number of carbonyl (C=O) groups excluding carboxylic acids is 1. The van der Waals surface area contributed by atoms with E-state index in [-0.39, 0.29) is 5.91 Å². The molecule has 2 rings (SSSR count). The third-order valence-corrected chi connectivity index (χ3v) is 3.00. The quantitative estimate of drug-likeness (QED) is 0.658. The highest BCUT2D eigenvalue weighted by molar-refractivity contribution is 5.92. The first-order valence-corrected chi connectivity index (χ1v) is 6.35. The molecule has 0 aliphatic carbocycles. The van der Waals surface area contributed by atoms with Crippen LogP contribution in [0.15, 0.2) is 42.5 Å². The minimum absolute atomic E-state index is 0.136. The Labute approximate surface area is 118 Å². The number of rotatable bonds is 4. The number of pyridine rings is 1. The van der Waals surface area contributed by atoms with Gasteiger partial charge in [-0.3, -0.25) is 4.79 Å². The van der Waals surface area contributed by atoms with Gasteiger partial charge in [-0.1, -0.05) is 35.9 Å². The molecular formula is C15H18N4O. The summed E-state index contributed by atoms with van der Waals surface area (Å²) in [6.45, 7) is 2.58. The maximum Gasteiger partial charge on any atom is 0.272 e. The monoisotopic (exact) mass is 270 g/mol. The number of amides is 1. The second-order valence-corrected chi connectivity index (χ2v) is 4.70. The van der Waals surface area contributed by atoms with Gasteiger partial charge in [0.05, 0.1) is 0 Å². The fraction of sp³-hybridized carbons (Fsp3) is 0.200. The molecule has 1 aromatic heterocycles. The molecule has 0 fully saturated rings. The molecule has 0 unspecified atom stereocenters. The van der Waals surface area contributed by atoms with E-state index in [0.29, 0.717) is 18.1 Å². The van der Waals surface area contributed by atoms with E-state index in [9.17, 15) is 4.79 Å². The summed E-state index contributed by atoms with van der Waals surface area (Å²) >= 11 is 0. The molecule has 5 nitrogen and oxygen atoms in total. The predicted octanol–water partition coefficient (Wildman–Crippen LogP) is 1.95. The molecule has 0 saturated heterocycles. The molecule has 3 N–H and O–H groups in total. The molecule has 20 heavy (non-hydrogen) atoms. The van der Waals surface area contributed by atoms with E-state index in [1.807, 2.05) is 31.2 Å². The van der Waals surface area contributed by atoms with Crippen LogP contribution >= 0.6 is 0 Å². The van der Waals surface area contributed by atoms with Crippen LogP contribution in [0.5, 0.6) is 0 Å². The third kappa shape index (κ3) is 3.33. The van der Waals surface area contributed by atoms with Crippen molar-refractivity contribution in [1.29, 1.82) is 0 Å². The smallest absolute Gasteiger partial charge is 0.272 e. The standard InChI is InChI=1S/C15H18N4O/c1-11-6-8-12(9-7-11)10-19(2)15(20)13-4-3-5-14(17-13)18-16/h3-9H,10,16H2,1-2H3,(H,17,18). The molecule has 0 atom stereocenters. The zero-order chi connectivity index (χ0) is 14.5. The number of nitrogens with zero attached hydrogens (tertiary/aromatic N) is 2. The summed E-state index contributed by atoms with van der Waals surface area (Å²) < 4.78 is 0. The summed E-state index contributed by atoms with van der Waals surface area (Å²) in [5.41, 5.74) is 5.09. The average Bonchev–Trinajstić information content (AvgIpc) is 2.48. The molecule has 0 saturated carbocycles. The Bertz CT molecular complexity index is 595. The first-order valence-electron chi connectivity index (χ1n) is 6.35. The lowest BCUT2D eigenvalue weighted by atomic mass is 10.1. The van der Waals surface area contributed by atoms with Gasteiger partial charge >= 0.3 is 0 Å². The SMILES string of the molecule is Cc1ccc(CN(C)C(=O)c2cccc(NN)n2)cc1. The van der Waals surface area contributed by atoms with E-state index in [2.05, 4.69) is 10.4 Å². The summed E-state index contributed by atoms with van der Waals surface area (Å²) in [6.07, 6.45) is 0. The number of carbonyl (C=O) groups is 1. The maximum absolute atomic E-state index is 12.3. The first-order chi connectivity index (χ1) is 9.60. The Morgan fingerprint density at radius 2 is 1.95 bits per heavy atom. The molecular weight excluding hydrogens is 252 g/mol. The largest absolute Gasteiger partial charge is 0.336 e. The van der Waals surface area contributed by atoms with Crippen LogP contribution in [0, 0.1) is 6.92 Å². The van der Waals surface area contributed by atoms with Crippen molar-refractivity contribution in [3.63, 3.8) is 0 Å². The maximum atomic E-state index is 12.3. The molecule has 0 aliphatic rings. The van der Waals surface area contributed by atoms with Gasteiger partial charge in [0.1, 0.15) is 11.5 Å². The van der Waals surface area contributed by atoms with Crippen molar-refractivity contribution in [2.75, 3.05) is 12.5 Å².